The Bertz CT molecular complexity index is 1210. The summed E-state index contributed by atoms with van der Waals surface area (Å²) in [5.74, 6) is 0.218. The van der Waals surface area contributed by atoms with Gasteiger partial charge in [-0.15, -0.1) is 11.3 Å². The zero-order chi connectivity index (χ0) is 20.9. The second kappa shape index (κ2) is 9.11. The third-order valence-electron chi connectivity index (χ3n) is 4.22. The van der Waals surface area contributed by atoms with Gasteiger partial charge in [0, 0.05) is 17.1 Å². The second-order valence-electron chi connectivity index (χ2n) is 6.45. The SMILES string of the molecule is Cc1csc(SCc2cc(=O)c(OC(=O)c3ccc(-c4ccccc4)cc3)co2)n1. The van der Waals surface area contributed by atoms with Crippen molar-refractivity contribution in [2.45, 2.75) is 17.0 Å². The van der Waals surface area contributed by atoms with E-state index >= 15 is 0 Å². The Balaban J connectivity index is 1.41. The molecule has 2 aromatic heterocycles. The highest BCUT2D eigenvalue weighted by Crippen LogP contribution is 2.26. The number of nitrogens with zero attached hydrogens (tertiary/aromatic N) is 1. The maximum absolute atomic E-state index is 12.4. The summed E-state index contributed by atoms with van der Waals surface area (Å²) >= 11 is 3.03. The molecule has 150 valence electrons. The molecule has 7 heteroatoms. The van der Waals surface area contributed by atoms with E-state index < -0.39 is 11.4 Å². The minimum atomic E-state index is -0.609. The van der Waals surface area contributed by atoms with E-state index in [1.165, 1.54) is 24.1 Å². The molecule has 0 aliphatic heterocycles. The predicted molar refractivity (Wildman–Crippen MR) is 118 cm³/mol. The van der Waals surface area contributed by atoms with Crippen LogP contribution in [0.15, 0.2) is 85.9 Å². The van der Waals surface area contributed by atoms with E-state index in [2.05, 4.69) is 4.98 Å². The van der Waals surface area contributed by atoms with Gasteiger partial charge in [-0.3, -0.25) is 4.79 Å². The summed E-state index contributed by atoms with van der Waals surface area (Å²) in [7, 11) is 0. The normalized spacial score (nSPS) is 10.7. The summed E-state index contributed by atoms with van der Waals surface area (Å²) < 4.78 is 11.6. The maximum atomic E-state index is 12.4. The molecule has 0 atom stereocenters. The molecular weight excluding hydrogens is 418 g/mol. The van der Waals surface area contributed by atoms with Gasteiger partial charge in [0.05, 0.1) is 11.3 Å². The van der Waals surface area contributed by atoms with Crippen LogP contribution < -0.4 is 10.2 Å². The number of rotatable bonds is 6. The standard InChI is InChI=1S/C23H17NO4S2/c1-15-13-29-23(24-15)30-14-19-11-20(25)21(12-27-19)28-22(26)18-9-7-17(8-10-18)16-5-3-2-4-6-16/h2-13H,14H2,1H3. The molecule has 4 aromatic rings. The lowest BCUT2D eigenvalue weighted by molar-refractivity contribution is 0.0729. The summed E-state index contributed by atoms with van der Waals surface area (Å²) in [4.78, 5) is 29.1. The Hall–Kier alpha value is -3.16. The summed E-state index contributed by atoms with van der Waals surface area (Å²) in [6, 6.07) is 18.2. The lowest BCUT2D eigenvalue weighted by atomic mass is 10.0. The third kappa shape index (κ3) is 4.87. The Morgan fingerprint density at radius 3 is 2.50 bits per heavy atom. The minimum Gasteiger partial charge on any atom is -0.464 e. The summed E-state index contributed by atoms with van der Waals surface area (Å²) in [5, 5.41) is 1.97. The van der Waals surface area contributed by atoms with Crippen molar-refractivity contribution >= 4 is 29.1 Å². The molecule has 2 heterocycles. The fraction of sp³-hybridized carbons (Fsp3) is 0.0870. The van der Waals surface area contributed by atoms with Crippen LogP contribution in [0.4, 0.5) is 0 Å². The van der Waals surface area contributed by atoms with Gasteiger partial charge in [0.2, 0.25) is 11.2 Å². The van der Waals surface area contributed by atoms with Crippen molar-refractivity contribution in [3.8, 4) is 16.9 Å². The van der Waals surface area contributed by atoms with Crippen LogP contribution in [-0.4, -0.2) is 11.0 Å². The van der Waals surface area contributed by atoms with Crippen LogP contribution in [0.25, 0.3) is 11.1 Å². The van der Waals surface area contributed by atoms with Crippen molar-refractivity contribution in [1.29, 1.82) is 0 Å². The van der Waals surface area contributed by atoms with Crippen LogP contribution in [0.1, 0.15) is 21.8 Å². The molecule has 0 aliphatic carbocycles. The largest absolute Gasteiger partial charge is 0.464 e. The Kier molecular flexibility index (Phi) is 6.11. The lowest BCUT2D eigenvalue weighted by Gasteiger charge is -2.06. The monoisotopic (exact) mass is 435 g/mol. The van der Waals surface area contributed by atoms with Gasteiger partial charge in [-0.2, -0.15) is 0 Å². The Morgan fingerprint density at radius 2 is 1.83 bits per heavy atom. The van der Waals surface area contributed by atoms with E-state index in [1.54, 1.807) is 23.5 Å². The van der Waals surface area contributed by atoms with Gasteiger partial charge in [0.25, 0.3) is 0 Å². The molecule has 0 fully saturated rings. The van der Waals surface area contributed by atoms with Crippen molar-refractivity contribution in [3.05, 3.63) is 99.5 Å². The van der Waals surface area contributed by atoms with Gasteiger partial charge in [-0.05, 0) is 30.2 Å². The average molecular weight is 436 g/mol. The number of esters is 1. The van der Waals surface area contributed by atoms with Crippen LogP contribution in [-0.2, 0) is 5.75 Å². The smallest absolute Gasteiger partial charge is 0.343 e. The van der Waals surface area contributed by atoms with E-state index in [1.807, 2.05) is 54.8 Å². The van der Waals surface area contributed by atoms with Gasteiger partial charge >= 0.3 is 5.97 Å². The van der Waals surface area contributed by atoms with E-state index in [4.69, 9.17) is 9.15 Å². The number of thiazole rings is 1. The number of aromatic nitrogens is 1. The van der Waals surface area contributed by atoms with Crippen LogP contribution >= 0.6 is 23.1 Å². The van der Waals surface area contributed by atoms with Gasteiger partial charge in [0.1, 0.15) is 12.0 Å². The van der Waals surface area contributed by atoms with E-state index in [-0.39, 0.29) is 5.75 Å². The molecular formula is C23H17NO4S2. The first-order chi connectivity index (χ1) is 14.6. The fourth-order valence-electron chi connectivity index (χ4n) is 2.71. The molecule has 0 bridgehead atoms. The molecule has 0 amide bonds. The number of carbonyl (C=O) groups is 1. The maximum Gasteiger partial charge on any atom is 0.343 e. The van der Waals surface area contributed by atoms with Crippen LogP contribution in [0.2, 0.25) is 0 Å². The molecule has 30 heavy (non-hydrogen) atoms. The number of aryl methyl sites for hydroxylation is 1. The predicted octanol–water partition coefficient (Wildman–Crippen LogP) is 5.58. The molecule has 0 saturated carbocycles. The summed E-state index contributed by atoms with van der Waals surface area (Å²) in [6.07, 6.45) is 1.18. The van der Waals surface area contributed by atoms with Gasteiger partial charge in [-0.1, -0.05) is 54.2 Å². The summed E-state index contributed by atoms with van der Waals surface area (Å²) in [6.45, 7) is 1.93. The van der Waals surface area contributed by atoms with Crippen LogP contribution in [0.3, 0.4) is 0 Å². The zero-order valence-corrected chi connectivity index (χ0v) is 17.7. The number of carbonyl (C=O) groups excluding carboxylic acids is 1. The van der Waals surface area contributed by atoms with Crippen molar-refractivity contribution in [3.63, 3.8) is 0 Å². The highest BCUT2D eigenvalue weighted by Gasteiger charge is 2.13. The first-order valence-corrected chi connectivity index (χ1v) is 11.0. The first kappa shape index (κ1) is 20.1. The van der Waals surface area contributed by atoms with Crippen LogP contribution in [0, 0.1) is 6.92 Å². The molecule has 0 N–H and O–H groups in total. The quantitative estimate of drug-likeness (QED) is 0.291. The molecule has 0 unspecified atom stereocenters. The van der Waals surface area contributed by atoms with Gasteiger partial charge < -0.3 is 9.15 Å². The van der Waals surface area contributed by atoms with Crippen molar-refractivity contribution < 1.29 is 13.9 Å². The molecule has 4 rings (SSSR count). The van der Waals surface area contributed by atoms with Crippen molar-refractivity contribution in [2.24, 2.45) is 0 Å². The van der Waals surface area contributed by atoms with Crippen molar-refractivity contribution in [1.82, 2.24) is 4.98 Å². The van der Waals surface area contributed by atoms with Gasteiger partial charge in [-0.25, -0.2) is 9.78 Å². The number of hydrogen-bond acceptors (Lipinski definition) is 7. The topological polar surface area (TPSA) is 69.4 Å². The molecule has 5 nitrogen and oxygen atoms in total. The number of hydrogen-bond donors (Lipinski definition) is 0. The number of benzene rings is 2. The Labute approximate surface area is 181 Å². The highest BCUT2D eigenvalue weighted by molar-refractivity contribution is 8.00. The van der Waals surface area contributed by atoms with Crippen molar-refractivity contribution in [2.75, 3.05) is 0 Å². The van der Waals surface area contributed by atoms with Crippen LogP contribution in [0.5, 0.6) is 5.75 Å². The number of thioether (sulfide) groups is 1. The zero-order valence-electron chi connectivity index (χ0n) is 16.0. The highest BCUT2D eigenvalue weighted by atomic mass is 32.2. The first-order valence-electron chi connectivity index (χ1n) is 9.13. The molecule has 2 aromatic carbocycles. The second-order valence-corrected chi connectivity index (χ2v) is 8.53. The lowest BCUT2D eigenvalue weighted by Crippen LogP contribution is -2.14. The fourth-order valence-corrected chi connectivity index (χ4v) is 4.45. The van der Waals surface area contributed by atoms with E-state index in [9.17, 15) is 9.59 Å². The minimum absolute atomic E-state index is 0.133. The average Bonchev–Trinajstić information content (AvgIpc) is 3.20. The third-order valence-corrected chi connectivity index (χ3v) is 6.38. The Morgan fingerprint density at radius 1 is 1.10 bits per heavy atom. The van der Waals surface area contributed by atoms with E-state index in [0.717, 1.165) is 21.2 Å². The van der Waals surface area contributed by atoms with E-state index in [0.29, 0.717) is 17.1 Å². The molecule has 0 saturated heterocycles. The molecule has 0 aliphatic rings. The molecule has 0 radical (unpaired) electrons. The number of ether oxygens (including phenoxy) is 1. The molecule has 0 spiro atoms. The summed E-state index contributed by atoms with van der Waals surface area (Å²) in [5.41, 5.74) is 2.96. The van der Waals surface area contributed by atoms with Gasteiger partial charge in [0.15, 0.2) is 4.34 Å².